The van der Waals surface area contributed by atoms with Gasteiger partial charge in [0.2, 0.25) is 0 Å². The molecule has 4 heteroatoms. The first-order valence-electron chi connectivity index (χ1n) is 7.39. The van der Waals surface area contributed by atoms with Crippen LogP contribution in [-0.2, 0) is 6.54 Å². The van der Waals surface area contributed by atoms with Crippen LogP contribution in [-0.4, -0.2) is 17.9 Å². The fraction of sp³-hybridized carbons (Fsp3) is 0.158. The first-order chi connectivity index (χ1) is 11.1. The van der Waals surface area contributed by atoms with E-state index in [2.05, 4.69) is 0 Å². The third kappa shape index (κ3) is 3.01. The summed E-state index contributed by atoms with van der Waals surface area (Å²) in [5.41, 5.74) is 1.86. The summed E-state index contributed by atoms with van der Waals surface area (Å²) in [5, 5.41) is 0.751. The van der Waals surface area contributed by atoms with Gasteiger partial charge in [-0.3, -0.25) is 4.79 Å². The lowest BCUT2D eigenvalue weighted by Gasteiger charge is -2.17. The molecule has 1 amide bonds. The van der Waals surface area contributed by atoms with Gasteiger partial charge in [0.1, 0.15) is 11.1 Å². The fourth-order valence-electron chi connectivity index (χ4n) is 2.57. The number of amides is 1. The van der Waals surface area contributed by atoms with Crippen molar-refractivity contribution < 1.29 is 9.21 Å². The van der Waals surface area contributed by atoms with Crippen molar-refractivity contribution in [3.05, 3.63) is 81.7 Å². The molecule has 2 aromatic carbocycles. The summed E-state index contributed by atoms with van der Waals surface area (Å²) in [4.78, 5) is 26.3. The Hall–Kier alpha value is -2.88. The Kier molecular flexibility index (Phi) is 3.98. The van der Waals surface area contributed by atoms with Crippen molar-refractivity contribution >= 4 is 16.9 Å². The number of hydrogen-bond acceptors (Lipinski definition) is 3. The summed E-state index contributed by atoms with van der Waals surface area (Å²) in [6.45, 7) is 2.30. The standard InChI is InChI=1S/C19H17NO3/c1-13-7-6-10-15-11-16(19(22)23-17(13)15)18(21)20(2)12-14-8-4-3-5-9-14/h3-11H,12H2,1-2H3. The number of para-hydroxylation sites is 1. The SMILES string of the molecule is Cc1cccc2cc(C(=O)N(C)Cc3ccccc3)c(=O)oc12. The molecule has 0 aliphatic rings. The Bertz CT molecular complexity index is 913. The van der Waals surface area contributed by atoms with Gasteiger partial charge in [0, 0.05) is 19.0 Å². The molecule has 116 valence electrons. The van der Waals surface area contributed by atoms with Gasteiger partial charge in [0.15, 0.2) is 0 Å². The second-order valence-electron chi connectivity index (χ2n) is 5.59. The largest absolute Gasteiger partial charge is 0.422 e. The predicted octanol–water partition coefficient (Wildman–Crippen LogP) is 3.37. The van der Waals surface area contributed by atoms with E-state index in [-0.39, 0.29) is 11.5 Å². The molecular weight excluding hydrogens is 290 g/mol. The molecule has 0 radical (unpaired) electrons. The van der Waals surface area contributed by atoms with E-state index < -0.39 is 5.63 Å². The molecule has 0 saturated heterocycles. The van der Waals surface area contributed by atoms with Crippen LogP contribution in [0.25, 0.3) is 11.0 Å². The van der Waals surface area contributed by atoms with E-state index in [9.17, 15) is 9.59 Å². The normalized spacial score (nSPS) is 10.7. The summed E-state index contributed by atoms with van der Waals surface area (Å²) < 4.78 is 5.34. The number of hydrogen-bond donors (Lipinski definition) is 0. The van der Waals surface area contributed by atoms with Crippen LogP contribution in [0.3, 0.4) is 0 Å². The summed E-state index contributed by atoms with van der Waals surface area (Å²) in [6, 6.07) is 16.8. The number of fused-ring (bicyclic) bond motifs is 1. The van der Waals surface area contributed by atoms with E-state index in [0.29, 0.717) is 12.1 Å². The van der Waals surface area contributed by atoms with E-state index in [1.165, 1.54) is 4.90 Å². The number of benzene rings is 2. The number of rotatable bonds is 3. The Morgan fingerprint density at radius 1 is 1.09 bits per heavy atom. The van der Waals surface area contributed by atoms with Gasteiger partial charge in [0.25, 0.3) is 5.91 Å². The highest BCUT2D eigenvalue weighted by Crippen LogP contribution is 2.18. The number of carbonyl (C=O) groups excluding carboxylic acids is 1. The molecule has 0 bridgehead atoms. The van der Waals surface area contributed by atoms with Gasteiger partial charge < -0.3 is 9.32 Å². The van der Waals surface area contributed by atoms with E-state index in [1.54, 1.807) is 13.1 Å². The predicted molar refractivity (Wildman–Crippen MR) is 89.5 cm³/mol. The van der Waals surface area contributed by atoms with Crippen molar-refractivity contribution in [3.8, 4) is 0 Å². The zero-order valence-electron chi connectivity index (χ0n) is 13.1. The van der Waals surface area contributed by atoms with Crippen LogP contribution in [0.2, 0.25) is 0 Å². The van der Waals surface area contributed by atoms with Gasteiger partial charge in [0.05, 0.1) is 0 Å². The van der Waals surface area contributed by atoms with Crippen molar-refractivity contribution in [1.29, 1.82) is 0 Å². The van der Waals surface area contributed by atoms with Crippen molar-refractivity contribution in [2.75, 3.05) is 7.05 Å². The smallest absolute Gasteiger partial charge is 0.349 e. The molecule has 0 unspecified atom stereocenters. The molecular formula is C19H17NO3. The number of aryl methyl sites for hydroxylation is 1. The second-order valence-corrected chi connectivity index (χ2v) is 5.59. The quantitative estimate of drug-likeness (QED) is 0.697. The molecule has 0 saturated carbocycles. The highest BCUT2D eigenvalue weighted by atomic mass is 16.4. The zero-order chi connectivity index (χ0) is 16.4. The maximum atomic E-state index is 12.6. The third-order valence-corrected chi connectivity index (χ3v) is 3.80. The molecule has 0 fully saturated rings. The van der Waals surface area contributed by atoms with Crippen LogP contribution in [0.15, 0.2) is 63.8 Å². The Morgan fingerprint density at radius 2 is 1.83 bits per heavy atom. The lowest BCUT2D eigenvalue weighted by Crippen LogP contribution is -2.30. The van der Waals surface area contributed by atoms with E-state index in [4.69, 9.17) is 4.42 Å². The first kappa shape index (κ1) is 15.0. The molecule has 3 rings (SSSR count). The average Bonchev–Trinajstić information content (AvgIpc) is 2.55. The molecule has 0 aliphatic carbocycles. The summed E-state index contributed by atoms with van der Waals surface area (Å²) in [5.74, 6) is -0.342. The van der Waals surface area contributed by atoms with Crippen LogP contribution >= 0.6 is 0 Å². The van der Waals surface area contributed by atoms with Crippen LogP contribution in [0.5, 0.6) is 0 Å². The molecule has 0 atom stereocenters. The maximum absolute atomic E-state index is 12.6. The highest BCUT2D eigenvalue weighted by Gasteiger charge is 2.18. The molecule has 3 aromatic rings. The minimum Gasteiger partial charge on any atom is -0.422 e. The summed E-state index contributed by atoms with van der Waals surface area (Å²) in [7, 11) is 1.68. The molecule has 1 aromatic heterocycles. The Balaban J connectivity index is 1.94. The average molecular weight is 307 g/mol. The molecule has 23 heavy (non-hydrogen) atoms. The van der Waals surface area contributed by atoms with Crippen molar-refractivity contribution in [2.45, 2.75) is 13.5 Å². The topological polar surface area (TPSA) is 50.5 Å². The van der Waals surface area contributed by atoms with Gasteiger partial charge in [-0.25, -0.2) is 4.79 Å². The van der Waals surface area contributed by atoms with Crippen molar-refractivity contribution in [1.82, 2.24) is 4.90 Å². The minimum atomic E-state index is -0.600. The zero-order valence-corrected chi connectivity index (χ0v) is 13.1. The lowest BCUT2D eigenvalue weighted by molar-refractivity contribution is 0.0781. The Morgan fingerprint density at radius 3 is 2.57 bits per heavy atom. The first-order valence-corrected chi connectivity index (χ1v) is 7.39. The van der Waals surface area contributed by atoms with Crippen LogP contribution in [0.1, 0.15) is 21.5 Å². The second kappa shape index (κ2) is 6.08. The van der Waals surface area contributed by atoms with Crippen LogP contribution in [0.4, 0.5) is 0 Å². The van der Waals surface area contributed by atoms with Crippen LogP contribution in [0, 0.1) is 6.92 Å². The Labute approximate surface area is 134 Å². The monoisotopic (exact) mass is 307 g/mol. The molecule has 4 nitrogen and oxygen atoms in total. The fourth-order valence-corrected chi connectivity index (χ4v) is 2.57. The molecule has 0 aliphatic heterocycles. The van der Waals surface area contributed by atoms with Gasteiger partial charge in [-0.15, -0.1) is 0 Å². The lowest BCUT2D eigenvalue weighted by atomic mass is 10.1. The van der Waals surface area contributed by atoms with E-state index in [1.807, 2.05) is 55.5 Å². The summed E-state index contributed by atoms with van der Waals surface area (Å²) in [6.07, 6.45) is 0. The molecule has 0 spiro atoms. The van der Waals surface area contributed by atoms with Crippen LogP contribution < -0.4 is 5.63 Å². The van der Waals surface area contributed by atoms with Gasteiger partial charge in [-0.2, -0.15) is 0 Å². The maximum Gasteiger partial charge on any atom is 0.349 e. The van der Waals surface area contributed by atoms with Crippen molar-refractivity contribution in [3.63, 3.8) is 0 Å². The summed E-state index contributed by atoms with van der Waals surface area (Å²) >= 11 is 0. The van der Waals surface area contributed by atoms with Gasteiger partial charge in [-0.05, 0) is 24.1 Å². The third-order valence-electron chi connectivity index (χ3n) is 3.80. The molecule has 1 heterocycles. The minimum absolute atomic E-state index is 0.0570. The molecule has 0 N–H and O–H groups in total. The van der Waals surface area contributed by atoms with Gasteiger partial charge >= 0.3 is 5.63 Å². The van der Waals surface area contributed by atoms with E-state index in [0.717, 1.165) is 16.5 Å². The number of nitrogens with zero attached hydrogens (tertiary/aromatic N) is 1. The highest BCUT2D eigenvalue weighted by molar-refractivity contribution is 5.96. The van der Waals surface area contributed by atoms with Gasteiger partial charge in [-0.1, -0.05) is 48.5 Å². The van der Waals surface area contributed by atoms with E-state index >= 15 is 0 Å². The van der Waals surface area contributed by atoms with Crippen molar-refractivity contribution in [2.24, 2.45) is 0 Å². The number of carbonyl (C=O) groups is 1.